The molecule has 6 heteroatoms. The van der Waals surface area contributed by atoms with E-state index in [9.17, 15) is 13.2 Å². The highest BCUT2D eigenvalue weighted by Gasteiger charge is 2.13. The van der Waals surface area contributed by atoms with Gasteiger partial charge < -0.3 is 11.1 Å². The van der Waals surface area contributed by atoms with Gasteiger partial charge >= 0.3 is 0 Å². The highest BCUT2D eigenvalue weighted by Crippen LogP contribution is 2.23. The molecule has 0 saturated heterocycles. The van der Waals surface area contributed by atoms with Crippen LogP contribution in [0, 0.1) is 17.5 Å². The number of nitrogens with one attached hydrogen (secondary N) is 1. The molecule has 2 nitrogen and oxygen atoms in total. The van der Waals surface area contributed by atoms with Gasteiger partial charge in [-0.05, 0) is 23.6 Å². The van der Waals surface area contributed by atoms with E-state index in [1.54, 1.807) is 11.4 Å². The van der Waals surface area contributed by atoms with Crippen molar-refractivity contribution in [2.24, 2.45) is 0 Å². The summed E-state index contributed by atoms with van der Waals surface area (Å²) >= 11 is 1.40. The average Bonchev–Trinajstić information content (AvgIpc) is 2.71. The topological polar surface area (TPSA) is 38.0 Å². The smallest absolute Gasteiger partial charge is 0.196 e. The Hall–Kier alpha value is -1.69. The van der Waals surface area contributed by atoms with Crippen molar-refractivity contribution >= 4 is 22.7 Å². The molecule has 0 atom stereocenters. The summed E-state index contributed by atoms with van der Waals surface area (Å²) in [5.41, 5.74) is 6.14. The third-order valence-electron chi connectivity index (χ3n) is 2.25. The first kappa shape index (κ1) is 11.8. The lowest BCUT2D eigenvalue weighted by atomic mass is 10.2. The molecule has 90 valence electrons. The van der Waals surface area contributed by atoms with Crippen LogP contribution >= 0.6 is 11.3 Å². The maximum Gasteiger partial charge on any atom is 0.196 e. The number of nitrogens with two attached hydrogens (primary N) is 1. The van der Waals surface area contributed by atoms with Crippen molar-refractivity contribution in [2.75, 3.05) is 11.1 Å². The van der Waals surface area contributed by atoms with Gasteiger partial charge in [-0.15, -0.1) is 11.3 Å². The van der Waals surface area contributed by atoms with Gasteiger partial charge in [-0.1, -0.05) is 0 Å². The molecule has 1 aromatic heterocycles. The van der Waals surface area contributed by atoms with Gasteiger partial charge in [-0.25, -0.2) is 13.2 Å². The lowest BCUT2D eigenvalue weighted by molar-refractivity contribution is 0.449. The van der Waals surface area contributed by atoms with Gasteiger partial charge in [0.05, 0.1) is 12.2 Å². The van der Waals surface area contributed by atoms with Crippen LogP contribution in [0.15, 0.2) is 23.6 Å². The van der Waals surface area contributed by atoms with E-state index in [0.717, 1.165) is 17.0 Å². The Morgan fingerprint density at radius 2 is 1.88 bits per heavy atom. The third-order valence-corrected chi connectivity index (χ3v) is 3.19. The molecule has 0 spiro atoms. The van der Waals surface area contributed by atoms with Gasteiger partial charge in [0.25, 0.3) is 0 Å². The first-order valence-corrected chi connectivity index (χ1v) is 5.66. The van der Waals surface area contributed by atoms with E-state index in [4.69, 9.17) is 5.73 Å². The normalized spacial score (nSPS) is 10.5. The van der Waals surface area contributed by atoms with Crippen LogP contribution in [0.3, 0.4) is 0 Å². The predicted molar refractivity (Wildman–Crippen MR) is 62.4 cm³/mol. The molecule has 0 radical (unpaired) electrons. The van der Waals surface area contributed by atoms with Gasteiger partial charge in [0.15, 0.2) is 17.5 Å². The lowest BCUT2D eigenvalue weighted by Gasteiger charge is -2.07. The first-order chi connectivity index (χ1) is 8.09. The van der Waals surface area contributed by atoms with Gasteiger partial charge in [0.1, 0.15) is 0 Å². The number of benzene rings is 1. The quantitative estimate of drug-likeness (QED) is 0.828. The van der Waals surface area contributed by atoms with Crippen molar-refractivity contribution in [3.63, 3.8) is 0 Å². The Labute approximate surface area is 99.9 Å². The van der Waals surface area contributed by atoms with Crippen molar-refractivity contribution in [1.82, 2.24) is 0 Å². The molecule has 0 amide bonds. The van der Waals surface area contributed by atoms with Crippen LogP contribution in [-0.4, -0.2) is 0 Å². The fourth-order valence-corrected chi connectivity index (χ4v) is 2.07. The zero-order valence-electron chi connectivity index (χ0n) is 8.64. The van der Waals surface area contributed by atoms with E-state index >= 15 is 0 Å². The van der Waals surface area contributed by atoms with Crippen molar-refractivity contribution < 1.29 is 13.2 Å². The fourth-order valence-electron chi connectivity index (χ4n) is 1.33. The molecule has 1 heterocycles. The van der Waals surface area contributed by atoms with E-state index < -0.39 is 17.5 Å². The summed E-state index contributed by atoms with van der Waals surface area (Å²) in [7, 11) is 0. The number of nitrogen functional groups attached to an aromatic ring is 1. The molecule has 0 unspecified atom stereocenters. The van der Waals surface area contributed by atoms with Crippen molar-refractivity contribution in [2.45, 2.75) is 6.54 Å². The third kappa shape index (κ3) is 2.36. The number of anilines is 2. The Morgan fingerprint density at radius 3 is 2.53 bits per heavy atom. The van der Waals surface area contributed by atoms with Crippen LogP contribution in [0.1, 0.15) is 4.88 Å². The zero-order valence-corrected chi connectivity index (χ0v) is 9.45. The molecule has 17 heavy (non-hydrogen) atoms. The number of halogens is 3. The highest BCUT2D eigenvalue weighted by molar-refractivity contribution is 7.10. The van der Waals surface area contributed by atoms with Crippen LogP contribution < -0.4 is 11.1 Å². The number of thiophene rings is 1. The molecule has 0 aliphatic rings. The van der Waals surface area contributed by atoms with Gasteiger partial charge in [-0.2, -0.15) is 0 Å². The van der Waals surface area contributed by atoms with E-state index in [-0.39, 0.29) is 12.2 Å². The molecule has 2 rings (SSSR count). The molecule has 1 aromatic carbocycles. The number of hydrogen-bond donors (Lipinski definition) is 2. The van der Waals surface area contributed by atoms with Crippen molar-refractivity contribution in [3.05, 3.63) is 45.9 Å². The Kier molecular flexibility index (Phi) is 3.23. The molecule has 0 aliphatic heterocycles. The molecule has 0 bridgehead atoms. The summed E-state index contributed by atoms with van der Waals surface area (Å²) in [6, 6.07) is 3.75. The fraction of sp³-hybridized carbons (Fsp3) is 0.0909. The minimum Gasteiger partial charge on any atom is -0.398 e. The zero-order chi connectivity index (χ0) is 12.4. The van der Waals surface area contributed by atoms with Gasteiger partial charge in [0.2, 0.25) is 0 Å². The molecule has 3 N–H and O–H groups in total. The highest BCUT2D eigenvalue weighted by atomic mass is 32.1. The monoisotopic (exact) mass is 258 g/mol. The summed E-state index contributed by atoms with van der Waals surface area (Å²) in [6.07, 6.45) is 0. The van der Waals surface area contributed by atoms with Crippen molar-refractivity contribution in [3.8, 4) is 0 Å². The second kappa shape index (κ2) is 4.67. The number of hydrogen-bond acceptors (Lipinski definition) is 3. The standard InChI is InChI=1S/C11H9F3N2S/c12-6-1-2-8(11(14)10(6)13)16-5-9-7(15)3-4-17-9/h1-4,16H,5,15H2. The largest absolute Gasteiger partial charge is 0.398 e. The Bertz CT molecular complexity index is 540. The van der Waals surface area contributed by atoms with Crippen LogP contribution in [-0.2, 0) is 6.54 Å². The molecule has 0 aliphatic carbocycles. The minimum atomic E-state index is -1.48. The maximum atomic E-state index is 13.3. The van der Waals surface area contributed by atoms with Crippen LogP contribution in [0.4, 0.5) is 24.5 Å². The first-order valence-electron chi connectivity index (χ1n) is 4.79. The van der Waals surface area contributed by atoms with Gasteiger partial charge in [0, 0.05) is 10.6 Å². The van der Waals surface area contributed by atoms with Gasteiger partial charge in [-0.3, -0.25) is 0 Å². The SMILES string of the molecule is Nc1ccsc1CNc1ccc(F)c(F)c1F. The van der Waals surface area contributed by atoms with E-state index in [1.165, 1.54) is 11.3 Å². The average molecular weight is 258 g/mol. The molecule has 0 saturated carbocycles. The lowest BCUT2D eigenvalue weighted by Crippen LogP contribution is -2.04. The van der Waals surface area contributed by atoms with Crippen LogP contribution in [0.25, 0.3) is 0 Å². The Balaban J connectivity index is 2.15. The molecular formula is C11H9F3N2S. The van der Waals surface area contributed by atoms with E-state index in [2.05, 4.69) is 5.32 Å². The Morgan fingerprint density at radius 1 is 1.12 bits per heavy atom. The second-order valence-electron chi connectivity index (χ2n) is 3.38. The predicted octanol–water partition coefficient (Wildman–Crippen LogP) is 3.36. The van der Waals surface area contributed by atoms with E-state index in [1.807, 2.05) is 0 Å². The number of rotatable bonds is 3. The minimum absolute atomic E-state index is 0.0864. The van der Waals surface area contributed by atoms with E-state index in [0.29, 0.717) is 5.69 Å². The molecule has 0 fully saturated rings. The summed E-state index contributed by atoms with van der Waals surface area (Å²) in [4.78, 5) is 0.814. The van der Waals surface area contributed by atoms with Crippen LogP contribution in [0.2, 0.25) is 0 Å². The summed E-state index contributed by atoms with van der Waals surface area (Å²) in [5, 5.41) is 4.47. The summed E-state index contributed by atoms with van der Waals surface area (Å²) in [6.45, 7) is 0.269. The van der Waals surface area contributed by atoms with Crippen molar-refractivity contribution in [1.29, 1.82) is 0 Å². The summed E-state index contributed by atoms with van der Waals surface area (Å²) in [5.74, 6) is -3.90. The summed E-state index contributed by atoms with van der Waals surface area (Å²) < 4.78 is 38.9. The molecule has 2 aromatic rings. The van der Waals surface area contributed by atoms with Crippen LogP contribution in [0.5, 0.6) is 0 Å². The maximum absolute atomic E-state index is 13.3. The molecular weight excluding hydrogens is 249 g/mol. The second-order valence-corrected chi connectivity index (χ2v) is 4.38.